The molecule has 0 aliphatic carbocycles. The van der Waals surface area contributed by atoms with Gasteiger partial charge in [-0.3, -0.25) is 9.59 Å². The Bertz CT molecular complexity index is 958. The number of nitrogens with one attached hydrogen (secondary N) is 3. The molecule has 7 nitrogen and oxygen atoms in total. The predicted molar refractivity (Wildman–Crippen MR) is 114 cm³/mol. The van der Waals surface area contributed by atoms with E-state index in [1.165, 1.54) is 6.08 Å². The summed E-state index contributed by atoms with van der Waals surface area (Å²) in [5, 5.41) is 5.90. The van der Waals surface area contributed by atoms with E-state index in [9.17, 15) is 18.0 Å². The lowest BCUT2D eigenvalue weighted by molar-refractivity contribution is -0.116. The highest BCUT2D eigenvalue weighted by Crippen LogP contribution is 2.12. The summed E-state index contributed by atoms with van der Waals surface area (Å²) >= 11 is 5.78. The normalized spacial score (nSPS) is 10.9. The van der Waals surface area contributed by atoms with Gasteiger partial charge in [0.2, 0.25) is 15.9 Å². The van der Waals surface area contributed by atoms with Gasteiger partial charge >= 0.3 is 0 Å². The average Bonchev–Trinajstić information content (AvgIpc) is 2.68. The van der Waals surface area contributed by atoms with Crippen LogP contribution < -0.4 is 15.4 Å². The lowest BCUT2D eigenvalue weighted by Crippen LogP contribution is -2.27. The number of hydrogen-bond donors (Lipinski definition) is 3. The molecule has 2 rings (SSSR count). The molecule has 0 spiro atoms. The van der Waals surface area contributed by atoms with E-state index in [0.29, 0.717) is 21.8 Å². The summed E-state index contributed by atoms with van der Waals surface area (Å²) in [5.41, 5.74) is 1.59. The molecule has 0 saturated heterocycles. The van der Waals surface area contributed by atoms with Crippen LogP contribution in [0, 0.1) is 0 Å². The number of hydrogen-bond acceptors (Lipinski definition) is 4. The number of rotatable bonds is 10. The number of benzene rings is 2. The second kappa shape index (κ2) is 10.8. The zero-order chi connectivity index (χ0) is 21.3. The quantitative estimate of drug-likeness (QED) is 0.499. The lowest BCUT2D eigenvalue weighted by atomic mass is 10.2. The molecule has 0 atom stereocenters. The van der Waals surface area contributed by atoms with Crippen LogP contribution in [0.3, 0.4) is 0 Å². The third-order valence-electron chi connectivity index (χ3n) is 3.79. The minimum Gasteiger partial charge on any atom is -0.352 e. The Kier molecular flexibility index (Phi) is 8.38. The Morgan fingerprint density at radius 1 is 1.03 bits per heavy atom. The van der Waals surface area contributed by atoms with Gasteiger partial charge in [-0.2, -0.15) is 0 Å². The van der Waals surface area contributed by atoms with Gasteiger partial charge in [-0.05, 0) is 42.0 Å². The molecule has 0 bridgehead atoms. The van der Waals surface area contributed by atoms with Crippen molar-refractivity contribution in [3.05, 3.63) is 77.3 Å². The Morgan fingerprint density at radius 3 is 2.31 bits per heavy atom. The van der Waals surface area contributed by atoms with Crippen LogP contribution in [-0.4, -0.2) is 33.3 Å². The summed E-state index contributed by atoms with van der Waals surface area (Å²) < 4.78 is 26.1. The Labute approximate surface area is 175 Å². The molecule has 2 aromatic carbocycles. The predicted octanol–water partition coefficient (Wildman–Crippen LogP) is 2.70. The van der Waals surface area contributed by atoms with E-state index in [1.54, 1.807) is 48.5 Å². The number of sulfonamides is 1. The van der Waals surface area contributed by atoms with Gasteiger partial charge < -0.3 is 10.6 Å². The molecule has 0 fully saturated rings. The lowest BCUT2D eigenvalue weighted by Gasteiger charge is -2.08. The van der Waals surface area contributed by atoms with Crippen LogP contribution >= 0.6 is 11.6 Å². The molecule has 0 unspecified atom stereocenters. The fourth-order valence-electron chi connectivity index (χ4n) is 2.36. The molecule has 154 valence electrons. The van der Waals surface area contributed by atoms with E-state index < -0.39 is 10.0 Å². The molecule has 29 heavy (non-hydrogen) atoms. The Morgan fingerprint density at radius 2 is 1.69 bits per heavy atom. The van der Waals surface area contributed by atoms with E-state index in [0.717, 1.165) is 0 Å². The van der Waals surface area contributed by atoms with Crippen molar-refractivity contribution in [1.29, 1.82) is 0 Å². The monoisotopic (exact) mass is 435 g/mol. The standard InChI is InChI=1S/C20H22ClN3O4S/c1-2-12-23-29(27,28)14-15-3-9-18(10-4-15)24-19(25)11-13-22-20(26)16-5-7-17(21)8-6-16/h2-10,23H,1,11-14H2,(H,22,26)(H,24,25). The molecule has 9 heteroatoms. The maximum Gasteiger partial charge on any atom is 0.251 e. The third kappa shape index (κ3) is 8.06. The second-order valence-electron chi connectivity index (χ2n) is 6.15. The fraction of sp³-hybridized carbons (Fsp3) is 0.200. The Hall–Kier alpha value is -2.68. The van der Waals surface area contributed by atoms with Crippen LogP contribution in [0.5, 0.6) is 0 Å². The highest BCUT2D eigenvalue weighted by atomic mass is 35.5. The zero-order valence-corrected chi connectivity index (χ0v) is 17.2. The van der Waals surface area contributed by atoms with Crippen molar-refractivity contribution in [3.8, 4) is 0 Å². The van der Waals surface area contributed by atoms with Crippen LogP contribution in [0.4, 0.5) is 5.69 Å². The Balaban J connectivity index is 1.78. The summed E-state index contributed by atoms with van der Waals surface area (Å²) in [6, 6.07) is 13.0. The van der Waals surface area contributed by atoms with Gasteiger partial charge in [0.05, 0.1) is 5.75 Å². The van der Waals surface area contributed by atoms with Crippen molar-refractivity contribution in [2.24, 2.45) is 0 Å². The largest absolute Gasteiger partial charge is 0.352 e. The zero-order valence-electron chi connectivity index (χ0n) is 15.7. The summed E-state index contributed by atoms with van der Waals surface area (Å²) in [6.07, 6.45) is 1.56. The molecular weight excluding hydrogens is 414 g/mol. The van der Waals surface area contributed by atoms with Crippen LogP contribution in [0.25, 0.3) is 0 Å². The molecular formula is C20H22ClN3O4S. The molecule has 0 radical (unpaired) electrons. The van der Waals surface area contributed by atoms with Crippen molar-refractivity contribution in [2.45, 2.75) is 12.2 Å². The molecule has 2 aromatic rings. The summed E-state index contributed by atoms with van der Waals surface area (Å²) in [4.78, 5) is 24.0. The highest BCUT2D eigenvalue weighted by molar-refractivity contribution is 7.88. The number of amides is 2. The van der Waals surface area contributed by atoms with E-state index >= 15 is 0 Å². The van der Waals surface area contributed by atoms with Crippen LogP contribution in [0.15, 0.2) is 61.2 Å². The van der Waals surface area contributed by atoms with E-state index in [-0.39, 0.29) is 37.1 Å². The van der Waals surface area contributed by atoms with Crippen LogP contribution in [0.1, 0.15) is 22.3 Å². The van der Waals surface area contributed by atoms with Gasteiger partial charge in [-0.15, -0.1) is 6.58 Å². The SMILES string of the molecule is C=CCNS(=O)(=O)Cc1ccc(NC(=O)CCNC(=O)c2ccc(Cl)cc2)cc1. The second-order valence-corrected chi connectivity index (χ2v) is 8.40. The molecule has 0 aliphatic rings. The van der Waals surface area contributed by atoms with Gasteiger partial charge in [0.15, 0.2) is 0 Å². The van der Waals surface area contributed by atoms with Crippen molar-refractivity contribution in [2.75, 3.05) is 18.4 Å². The number of carbonyl (C=O) groups is 2. The minimum atomic E-state index is -3.43. The first-order chi connectivity index (χ1) is 13.8. The van der Waals surface area contributed by atoms with Crippen LogP contribution in [-0.2, 0) is 20.6 Å². The van der Waals surface area contributed by atoms with Gasteiger partial charge in [0, 0.05) is 35.8 Å². The average molecular weight is 436 g/mol. The smallest absolute Gasteiger partial charge is 0.251 e. The van der Waals surface area contributed by atoms with Gasteiger partial charge in [-0.25, -0.2) is 13.1 Å². The van der Waals surface area contributed by atoms with E-state index in [4.69, 9.17) is 11.6 Å². The van der Waals surface area contributed by atoms with Gasteiger partial charge in [-0.1, -0.05) is 29.8 Å². The van der Waals surface area contributed by atoms with E-state index in [2.05, 4.69) is 21.9 Å². The van der Waals surface area contributed by atoms with Crippen molar-refractivity contribution >= 4 is 39.1 Å². The van der Waals surface area contributed by atoms with Crippen molar-refractivity contribution < 1.29 is 18.0 Å². The fourth-order valence-corrected chi connectivity index (χ4v) is 3.59. The molecule has 3 N–H and O–H groups in total. The highest BCUT2D eigenvalue weighted by Gasteiger charge is 2.11. The maximum atomic E-state index is 12.0. The first kappa shape index (κ1) is 22.6. The first-order valence-corrected chi connectivity index (χ1v) is 10.8. The topological polar surface area (TPSA) is 104 Å². The molecule has 0 saturated carbocycles. The van der Waals surface area contributed by atoms with Gasteiger partial charge in [0.25, 0.3) is 5.91 Å². The number of halogens is 1. The van der Waals surface area contributed by atoms with E-state index in [1.807, 2.05) is 0 Å². The molecule has 2 amide bonds. The minimum absolute atomic E-state index is 0.0981. The molecule has 0 heterocycles. The van der Waals surface area contributed by atoms with Crippen molar-refractivity contribution in [1.82, 2.24) is 10.0 Å². The van der Waals surface area contributed by atoms with Crippen molar-refractivity contribution in [3.63, 3.8) is 0 Å². The number of anilines is 1. The summed E-state index contributed by atoms with van der Waals surface area (Å²) in [7, 11) is -3.43. The summed E-state index contributed by atoms with van der Waals surface area (Å²) in [5.74, 6) is -0.717. The van der Waals surface area contributed by atoms with Gasteiger partial charge in [0.1, 0.15) is 0 Å². The summed E-state index contributed by atoms with van der Waals surface area (Å²) in [6.45, 7) is 3.81. The maximum absolute atomic E-state index is 12.0. The number of carbonyl (C=O) groups excluding carboxylic acids is 2. The molecule has 0 aliphatic heterocycles. The molecule has 0 aromatic heterocycles. The first-order valence-electron chi connectivity index (χ1n) is 8.80. The van der Waals surface area contributed by atoms with Crippen LogP contribution in [0.2, 0.25) is 5.02 Å². The third-order valence-corrected chi connectivity index (χ3v) is 5.36.